The minimum Gasteiger partial charge on any atom is -0.364 e. The van der Waals surface area contributed by atoms with E-state index < -0.39 is 14.1 Å². The van der Waals surface area contributed by atoms with Gasteiger partial charge < -0.3 is 19.8 Å². The summed E-state index contributed by atoms with van der Waals surface area (Å²) in [5.74, 6) is -0.492. The second-order valence-electron chi connectivity index (χ2n) is 6.23. The van der Waals surface area contributed by atoms with Gasteiger partial charge in [0.2, 0.25) is 0 Å². The van der Waals surface area contributed by atoms with Crippen molar-refractivity contribution in [2.75, 3.05) is 7.11 Å². The molecule has 0 spiro atoms. The lowest BCUT2D eigenvalue weighted by molar-refractivity contribution is 0.0997. The Hall–Kier alpha value is -2.95. The van der Waals surface area contributed by atoms with E-state index in [4.69, 9.17) is 10.3 Å². The Balaban J connectivity index is 1.91. The number of aromatic amines is 1. The number of nitrogens with zero attached hydrogens (tertiary/aromatic N) is 2. The van der Waals surface area contributed by atoms with E-state index in [0.29, 0.717) is 5.69 Å². The highest BCUT2D eigenvalue weighted by Gasteiger charge is 2.25. The van der Waals surface area contributed by atoms with E-state index in [1.165, 1.54) is 0 Å². The molecule has 136 valence electrons. The van der Waals surface area contributed by atoms with Crippen LogP contribution in [0.25, 0.3) is 16.6 Å². The van der Waals surface area contributed by atoms with Gasteiger partial charge in [0.1, 0.15) is 5.69 Å². The number of nitrogens with two attached hydrogens (primary N) is 1. The van der Waals surface area contributed by atoms with Crippen molar-refractivity contribution in [3.8, 4) is 5.69 Å². The lowest BCUT2D eigenvalue weighted by Gasteiger charge is -2.17. The minimum atomic E-state index is -1.23. The number of carbonyl (C=O) groups is 1. The third kappa shape index (κ3) is 3.14. The SMILES string of the molecule is COP(c1cccc(-n2ccnc2)c1)c1c(C(N)=O)[nH]c2ccc(C)cc12. The van der Waals surface area contributed by atoms with Crippen LogP contribution in [0.2, 0.25) is 0 Å². The van der Waals surface area contributed by atoms with Gasteiger partial charge >= 0.3 is 0 Å². The summed E-state index contributed by atoms with van der Waals surface area (Å²) < 4.78 is 7.84. The molecule has 0 aliphatic rings. The number of H-pyrrole nitrogens is 1. The van der Waals surface area contributed by atoms with Gasteiger partial charge in [-0.2, -0.15) is 0 Å². The number of primary amides is 1. The number of amides is 1. The third-order valence-electron chi connectivity index (χ3n) is 4.43. The number of imidazole rings is 1. The lowest BCUT2D eigenvalue weighted by atomic mass is 10.2. The Bertz CT molecular complexity index is 1120. The first-order valence-electron chi connectivity index (χ1n) is 8.43. The summed E-state index contributed by atoms with van der Waals surface area (Å²) in [6.45, 7) is 2.02. The molecule has 0 saturated heterocycles. The van der Waals surface area contributed by atoms with Crippen LogP contribution < -0.4 is 16.3 Å². The summed E-state index contributed by atoms with van der Waals surface area (Å²) in [5, 5.41) is 2.77. The fraction of sp³-hybridized carbons (Fsp3) is 0.100. The zero-order valence-electron chi connectivity index (χ0n) is 15.0. The molecule has 0 radical (unpaired) electrons. The smallest absolute Gasteiger partial charge is 0.265 e. The van der Waals surface area contributed by atoms with Gasteiger partial charge in [0, 0.05) is 46.7 Å². The molecule has 0 saturated carbocycles. The Labute approximate surface area is 157 Å². The maximum atomic E-state index is 12.1. The largest absolute Gasteiger partial charge is 0.364 e. The highest BCUT2D eigenvalue weighted by molar-refractivity contribution is 7.69. The molecule has 1 amide bonds. The van der Waals surface area contributed by atoms with Crippen molar-refractivity contribution in [2.45, 2.75) is 6.92 Å². The first-order chi connectivity index (χ1) is 13.1. The van der Waals surface area contributed by atoms with Crippen LogP contribution in [0.1, 0.15) is 16.1 Å². The minimum absolute atomic E-state index is 0.400. The van der Waals surface area contributed by atoms with Gasteiger partial charge in [-0.25, -0.2) is 4.98 Å². The van der Waals surface area contributed by atoms with Gasteiger partial charge in [0.25, 0.3) is 5.91 Å². The fourth-order valence-corrected chi connectivity index (χ4v) is 5.09. The van der Waals surface area contributed by atoms with E-state index >= 15 is 0 Å². The third-order valence-corrected chi connectivity index (χ3v) is 6.41. The van der Waals surface area contributed by atoms with E-state index in [0.717, 1.165) is 32.8 Å². The number of aromatic nitrogens is 3. The standard InChI is InChI=1S/C20H19N4O2P/c1-13-6-7-17-16(10-13)19(18(23-17)20(21)25)27(26-2)15-5-3-4-14(11-15)24-9-8-22-12-24/h3-12,23H,1-2H3,(H2,21,25). The fourth-order valence-electron chi connectivity index (χ4n) is 3.20. The lowest BCUT2D eigenvalue weighted by Crippen LogP contribution is -2.23. The Morgan fingerprint density at radius 2 is 2.11 bits per heavy atom. The number of hydrogen-bond donors (Lipinski definition) is 2. The zero-order chi connectivity index (χ0) is 19.0. The van der Waals surface area contributed by atoms with Crippen LogP contribution in [-0.2, 0) is 4.52 Å². The summed E-state index contributed by atoms with van der Waals surface area (Å²) in [6, 6.07) is 14.1. The number of fused-ring (bicyclic) bond motifs is 1. The molecule has 1 atom stereocenters. The highest BCUT2D eigenvalue weighted by Crippen LogP contribution is 2.39. The molecule has 0 fully saturated rings. The van der Waals surface area contributed by atoms with Crippen molar-refractivity contribution in [3.63, 3.8) is 0 Å². The molecule has 4 aromatic rings. The normalized spacial score (nSPS) is 12.4. The van der Waals surface area contributed by atoms with Crippen LogP contribution in [0.3, 0.4) is 0 Å². The summed E-state index contributed by atoms with van der Waals surface area (Å²) in [4.78, 5) is 19.4. The van der Waals surface area contributed by atoms with E-state index in [9.17, 15) is 4.79 Å². The van der Waals surface area contributed by atoms with E-state index in [2.05, 4.69) is 22.1 Å². The van der Waals surface area contributed by atoms with Crippen LogP contribution in [0.5, 0.6) is 0 Å². The number of carbonyl (C=O) groups excluding carboxylic acids is 1. The van der Waals surface area contributed by atoms with Crippen LogP contribution in [0.4, 0.5) is 0 Å². The van der Waals surface area contributed by atoms with Gasteiger partial charge in [-0.3, -0.25) is 4.79 Å². The molecule has 1 unspecified atom stereocenters. The molecule has 0 aliphatic heterocycles. The van der Waals surface area contributed by atoms with Gasteiger partial charge in [-0.05, 0) is 31.2 Å². The van der Waals surface area contributed by atoms with Crippen molar-refractivity contribution < 1.29 is 9.32 Å². The number of nitrogens with one attached hydrogen (secondary N) is 1. The Morgan fingerprint density at radius 3 is 2.81 bits per heavy atom. The molecule has 7 heteroatoms. The molecule has 0 bridgehead atoms. The van der Waals surface area contributed by atoms with Gasteiger partial charge in [-0.1, -0.05) is 23.8 Å². The van der Waals surface area contributed by atoms with Gasteiger partial charge in [0.15, 0.2) is 0 Å². The summed E-state index contributed by atoms with van der Waals surface area (Å²) in [6.07, 6.45) is 5.37. The molecule has 2 aromatic carbocycles. The molecule has 27 heavy (non-hydrogen) atoms. The van der Waals surface area contributed by atoms with Crippen molar-refractivity contribution in [3.05, 3.63) is 72.4 Å². The Morgan fingerprint density at radius 1 is 1.26 bits per heavy atom. The average molecular weight is 378 g/mol. The number of rotatable bonds is 5. The first kappa shape index (κ1) is 17.5. The first-order valence-corrected chi connectivity index (χ1v) is 9.69. The topological polar surface area (TPSA) is 85.9 Å². The molecule has 0 aliphatic carbocycles. The van der Waals surface area contributed by atoms with Crippen LogP contribution in [0, 0.1) is 6.92 Å². The molecule has 2 aromatic heterocycles. The molecule has 3 N–H and O–H groups in total. The van der Waals surface area contributed by atoms with E-state index in [-0.39, 0.29) is 0 Å². The quantitative estimate of drug-likeness (QED) is 0.524. The number of benzene rings is 2. The van der Waals surface area contributed by atoms with Gasteiger partial charge in [0.05, 0.1) is 14.5 Å². The van der Waals surface area contributed by atoms with Crippen LogP contribution in [-0.4, -0.2) is 27.6 Å². The monoisotopic (exact) mass is 378 g/mol. The maximum Gasteiger partial charge on any atom is 0.265 e. The summed E-state index contributed by atoms with van der Waals surface area (Å²) in [5.41, 5.74) is 9.03. The molecule has 6 nitrogen and oxygen atoms in total. The van der Waals surface area contributed by atoms with Crippen molar-refractivity contribution in [2.24, 2.45) is 5.73 Å². The molecular weight excluding hydrogens is 359 g/mol. The van der Waals surface area contributed by atoms with Crippen molar-refractivity contribution >= 4 is 35.6 Å². The Kier molecular flexibility index (Phi) is 4.52. The predicted molar refractivity (Wildman–Crippen MR) is 108 cm³/mol. The number of hydrogen-bond acceptors (Lipinski definition) is 3. The van der Waals surface area contributed by atoms with E-state index in [1.54, 1.807) is 19.6 Å². The van der Waals surface area contributed by atoms with Crippen LogP contribution >= 0.6 is 8.15 Å². The maximum absolute atomic E-state index is 12.1. The molecule has 2 heterocycles. The molecule has 4 rings (SSSR count). The number of aryl methyl sites for hydroxylation is 1. The zero-order valence-corrected chi connectivity index (χ0v) is 15.9. The summed E-state index contributed by atoms with van der Waals surface area (Å²) >= 11 is 0. The van der Waals surface area contributed by atoms with Crippen LogP contribution in [0.15, 0.2) is 61.2 Å². The van der Waals surface area contributed by atoms with Gasteiger partial charge in [-0.15, -0.1) is 0 Å². The summed E-state index contributed by atoms with van der Waals surface area (Å²) in [7, 11) is 0.427. The second-order valence-corrected chi connectivity index (χ2v) is 8.15. The predicted octanol–water partition coefficient (Wildman–Crippen LogP) is 2.76. The van der Waals surface area contributed by atoms with E-state index in [1.807, 2.05) is 48.0 Å². The second kappa shape index (κ2) is 6.99. The van der Waals surface area contributed by atoms with Crippen molar-refractivity contribution in [1.82, 2.24) is 14.5 Å². The van der Waals surface area contributed by atoms with Crippen molar-refractivity contribution in [1.29, 1.82) is 0 Å². The highest BCUT2D eigenvalue weighted by atomic mass is 31.1. The average Bonchev–Trinajstić information content (AvgIpc) is 3.31. The molecular formula is C20H19N4O2P.